The quantitative estimate of drug-likeness (QED) is 0.693. The van der Waals surface area contributed by atoms with E-state index < -0.39 is 0 Å². The zero-order valence-electron chi connectivity index (χ0n) is 14.4. The minimum Gasteiger partial charge on any atom is -0.473 e. The molecule has 1 N–H and O–H groups in total. The molecule has 0 aliphatic carbocycles. The normalized spacial score (nSPS) is 10.4. The molecule has 0 spiro atoms. The third kappa shape index (κ3) is 5.96. The number of rotatable bonds is 9. The number of carbonyl (C=O) groups is 1. The van der Waals surface area contributed by atoms with Gasteiger partial charge in [-0.3, -0.25) is 0 Å². The van der Waals surface area contributed by atoms with E-state index in [-0.39, 0.29) is 12.8 Å². The zero-order chi connectivity index (χ0) is 16.4. The van der Waals surface area contributed by atoms with E-state index in [1.807, 2.05) is 24.0 Å². The maximum atomic E-state index is 12.2. The lowest BCUT2D eigenvalue weighted by molar-refractivity contribution is 0.182. The smallest absolute Gasteiger partial charge is 0.320 e. The van der Waals surface area contributed by atoms with Crippen molar-refractivity contribution in [2.24, 2.45) is 0 Å². The molecule has 0 aromatic heterocycles. The number of nitrogens with zero attached hydrogens (tertiary/aromatic N) is 1. The zero-order valence-corrected chi connectivity index (χ0v) is 14.4. The monoisotopic (exact) mass is 306 g/mol. The molecule has 4 heteroatoms. The highest BCUT2D eigenvalue weighted by atomic mass is 16.5. The summed E-state index contributed by atoms with van der Waals surface area (Å²) >= 11 is 0. The number of hydrogen-bond acceptors (Lipinski definition) is 2. The van der Waals surface area contributed by atoms with Gasteiger partial charge >= 0.3 is 6.03 Å². The average Bonchev–Trinajstić information content (AvgIpc) is 2.51. The van der Waals surface area contributed by atoms with E-state index in [1.165, 1.54) is 5.56 Å². The van der Waals surface area contributed by atoms with Crippen molar-refractivity contribution in [3.8, 4) is 5.75 Å². The maximum Gasteiger partial charge on any atom is 0.320 e. The molecule has 124 valence electrons. The Balaban J connectivity index is 2.46. The molecule has 22 heavy (non-hydrogen) atoms. The van der Waals surface area contributed by atoms with Gasteiger partial charge in [0.25, 0.3) is 0 Å². The Hall–Kier alpha value is -1.71. The first kappa shape index (κ1) is 18.3. The molecule has 4 nitrogen and oxygen atoms in total. The van der Waals surface area contributed by atoms with Gasteiger partial charge in [-0.05, 0) is 43.9 Å². The minimum absolute atomic E-state index is 0.0350. The van der Waals surface area contributed by atoms with Crippen LogP contribution < -0.4 is 10.1 Å². The number of aryl methyl sites for hydroxylation is 1. The van der Waals surface area contributed by atoms with Crippen LogP contribution >= 0.6 is 0 Å². The number of hydrogen-bond donors (Lipinski definition) is 1. The third-order valence-corrected chi connectivity index (χ3v) is 3.86. The second-order valence-corrected chi connectivity index (χ2v) is 5.66. The average molecular weight is 306 g/mol. The summed E-state index contributed by atoms with van der Waals surface area (Å²) < 4.78 is 5.69. The van der Waals surface area contributed by atoms with E-state index in [9.17, 15) is 4.79 Å². The minimum atomic E-state index is -0.0350. The molecule has 0 saturated heterocycles. The van der Waals surface area contributed by atoms with E-state index in [0.717, 1.165) is 50.1 Å². The summed E-state index contributed by atoms with van der Waals surface area (Å²) in [5, 5.41) is 2.86. The summed E-state index contributed by atoms with van der Waals surface area (Å²) in [7, 11) is 0. The Kier molecular flexibility index (Phi) is 8.41. The SMILES string of the molecule is CCCCN(CCCC)C(=O)NCOc1cccc(C)c1C. The van der Waals surface area contributed by atoms with Crippen molar-refractivity contribution in [2.45, 2.75) is 53.4 Å². The first-order chi connectivity index (χ1) is 10.6. The van der Waals surface area contributed by atoms with Gasteiger partial charge in [-0.1, -0.05) is 38.8 Å². The van der Waals surface area contributed by atoms with Crippen molar-refractivity contribution < 1.29 is 9.53 Å². The molecule has 1 rings (SSSR count). The Morgan fingerprint density at radius 3 is 2.36 bits per heavy atom. The van der Waals surface area contributed by atoms with Gasteiger partial charge in [0.15, 0.2) is 6.73 Å². The van der Waals surface area contributed by atoms with Crippen LogP contribution in [-0.4, -0.2) is 30.8 Å². The topological polar surface area (TPSA) is 41.6 Å². The lowest BCUT2D eigenvalue weighted by Crippen LogP contribution is -2.42. The van der Waals surface area contributed by atoms with E-state index in [4.69, 9.17) is 4.74 Å². The van der Waals surface area contributed by atoms with Crippen LogP contribution in [0.5, 0.6) is 5.75 Å². The molecule has 0 radical (unpaired) electrons. The van der Waals surface area contributed by atoms with Crippen molar-refractivity contribution in [3.05, 3.63) is 29.3 Å². The summed E-state index contributed by atoms with van der Waals surface area (Å²) in [6.45, 7) is 10.2. The van der Waals surface area contributed by atoms with Gasteiger partial charge in [-0.15, -0.1) is 0 Å². The first-order valence-electron chi connectivity index (χ1n) is 8.31. The van der Waals surface area contributed by atoms with Crippen molar-refractivity contribution in [1.82, 2.24) is 10.2 Å². The molecular weight excluding hydrogens is 276 g/mol. The summed E-state index contributed by atoms with van der Waals surface area (Å²) in [5.41, 5.74) is 2.31. The van der Waals surface area contributed by atoms with Crippen LogP contribution in [0.1, 0.15) is 50.7 Å². The molecule has 0 unspecified atom stereocenters. The van der Waals surface area contributed by atoms with Gasteiger partial charge in [0.2, 0.25) is 0 Å². The summed E-state index contributed by atoms with van der Waals surface area (Å²) in [4.78, 5) is 14.1. The molecule has 1 aromatic carbocycles. The van der Waals surface area contributed by atoms with Crippen molar-refractivity contribution in [3.63, 3.8) is 0 Å². The third-order valence-electron chi connectivity index (χ3n) is 3.86. The fourth-order valence-electron chi connectivity index (χ4n) is 2.18. The molecule has 0 heterocycles. The maximum absolute atomic E-state index is 12.2. The number of benzene rings is 1. The van der Waals surface area contributed by atoms with Crippen LogP contribution in [0.4, 0.5) is 4.79 Å². The highest BCUT2D eigenvalue weighted by Crippen LogP contribution is 2.20. The molecule has 1 aromatic rings. The highest BCUT2D eigenvalue weighted by Gasteiger charge is 2.12. The number of nitrogens with one attached hydrogen (secondary N) is 1. The van der Waals surface area contributed by atoms with E-state index >= 15 is 0 Å². The fourth-order valence-corrected chi connectivity index (χ4v) is 2.18. The largest absolute Gasteiger partial charge is 0.473 e. The number of carbonyl (C=O) groups excluding carboxylic acids is 1. The van der Waals surface area contributed by atoms with E-state index in [1.54, 1.807) is 0 Å². The lowest BCUT2D eigenvalue weighted by Gasteiger charge is -2.23. The number of unbranched alkanes of at least 4 members (excludes halogenated alkanes) is 2. The van der Waals surface area contributed by atoms with Crippen molar-refractivity contribution in [2.75, 3.05) is 19.8 Å². The molecule has 2 amide bonds. The highest BCUT2D eigenvalue weighted by molar-refractivity contribution is 5.74. The molecule has 0 atom stereocenters. The Bertz CT molecular complexity index is 452. The van der Waals surface area contributed by atoms with Crippen LogP contribution in [0.2, 0.25) is 0 Å². The summed E-state index contributed by atoms with van der Waals surface area (Å²) in [6, 6.07) is 5.92. The van der Waals surface area contributed by atoms with Gasteiger partial charge in [-0.25, -0.2) is 4.79 Å². The Morgan fingerprint density at radius 1 is 1.14 bits per heavy atom. The van der Waals surface area contributed by atoms with E-state index in [0.29, 0.717) is 0 Å². The number of amides is 2. The van der Waals surface area contributed by atoms with Crippen LogP contribution in [0.3, 0.4) is 0 Å². The standard InChI is InChI=1S/C18H30N2O2/c1-5-7-12-20(13-8-6-2)18(21)19-14-22-17-11-9-10-15(3)16(17)4/h9-11H,5-8,12-14H2,1-4H3,(H,19,21). The van der Waals surface area contributed by atoms with Gasteiger partial charge < -0.3 is 15.0 Å². The van der Waals surface area contributed by atoms with Gasteiger partial charge in [0.1, 0.15) is 5.75 Å². The molecule has 0 aliphatic rings. The summed E-state index contributed by atoms with van der Waals surface area (Å²) in [6.07, 6.45) is 4.26. The van der Waals surface area contributed by atoms with Crippen molar-refractivity contribution in [1.29, 1.82) is 0 Å². The summed E-state index contributed by atoms with van der Waals surface area (Å²) in [5.74, 6) is 0.828. The van der Waals surface area contributed by atoms with Gasteiger partial charge in [0, 0.05) is 13.1 Å². The second kappa shape index (κ2) is 10.1. The van der Waals surface area contributed by atoms with Crippen molar-refractivity contribution >= 4 is 6.03 Å². The number of urea groups is 1. The van der Waals surface area contributed by atoms with Crippen LogP contribution in [0.25, 0.3) is 0 Å². The molecular formula is C18H30N2O2. The first-order valence-corrected chi connectivity index (χ1v) is 8.31. The predicted molar refractivity (Wildman–Crippen MR) is 91.3 cm³/mol. The van der Waals surface area contributed by atoms with Gasteiger partial charge in [-0.2, -0.15) is 0 Å². The number of ether oxygens (including phenoxy) is 1. The Morgan fingerprint density at radius 2 is 1.77 bits per heavy atom. The van der Waals surface area contributed by atoms with Gasteiger partial charge in [0.05, 0.1) is 0 Å². The molecule has 0 aliphatic heterocycles. The van der Waals surface area contributed by atoms with Crippen LogP contribution in [-0.2, 0) is 0 Å². The second-order valence-electron chi connectivity index (χ2n) is 5.66. The Labute approximate surface area is 134 Å². The van der Waals surface area contributed by atoms with Crippen LogP contribution in [0.15, 0.2) is 18.2 Å². The van der Waals surface area contributed by atoms with E-state index in [2.05, 4.69) is 32.2 Å². The molecule has 0 bridgehead atoms. The fraction of sp³-hybridized carbons (Fsp3) is 0.611. The lowest BCUT2D eigenvalue weighted by atomic mass is 10.1. The molecule has 0 saturated carbocycles. The predicted octanol–water partition coefficient (Wildman–Crippen LogP) is 4.25. The van der Waals surface area contributed by atoms with Crippen LogP contribution in [0, 0.1) is 13.8 Å². The molecule has 0 fully saturated rings.